The monoisotopic (exact) mass is 293 g/mol. The average molecular weight is 293 g/mol. The van der Waals surface area contributed by atoms with Crippen molar-refractivity contribution in [1.82, 2.24) is 4.90 Å². The normalized spacial score (nSPS) is 17.2. The van der Waals surface area contributed by atoms with Crippen molar-refractivity contribution in [3.05, 3.63) is 24.3 Å². The van der Waals surface area contributed by atoms with Crippen LogP contribution < -0.4 is 9.47 Å². The number of hydrogen-bond donors (Lipinski definition) is 1. The molecule has 1 aromatic carbocycles. The molecule has 0 fully saturated rings. The number of amides is 1. The number of nitrogens with zero attached hydrogens (tertiary/aromatic N) is 1. The van der Waals surface area contributed by atoms with Crippen molar-refractivity contribution >= 4 is 11.9 Å². The fourth-order valence-corrected chi connectivity index (χ4v) is 2.26. The van der Waals surface area contributed by atoms with Crippen LogP contribution in [-0.2, 0) is 9.59 Å². The minimum absolute atomic E-state index is 0.0715. The van der Waals surface area contributed by atoms with E-state index in [0.717, 1.165) is 0 Å². The first-order chi connectivity index (χ1) is 9.87. The molecule has 0 bridgehead atoms. The lowest BCUT2D eigenvalue weighted by molar-refractivity contribution is -0.161. The molecule has 0 aromatic heterocycles. The fraction of sp³-hybridized carbons (Fsp3) is 0.467. The van der Waals surface area contributed by atoms with Crippen LogP contribution in [0.15, 0.2) is 24.3 Å². The Morgan fingerprint density at radius 3 is 2.52 bits per heavy atom. The number of likely N-dealkylation sites (N-methyl/N-ethyl adjacent to an activating group) is 1. The molecule has 21 heavy (non-hydrogen) atoms. The van der Waals surface area contributed by atoms with Crippen molar-refractivity contribution in [3.63, 3.8) is 0 Å². The molecule has 0 aliphatic carbocycles. The van der Waals surface area contributed by atoms with E-state index in [4.69, 9.17) is 9.47 Å². The molecule has 1 unspecified atom stereocenters. The van der Waals surface area contributed by atoms with Crippen LogP contribution in [-0.4, -0.2) is 46.7 Å². The predicted molar refractivity (Wildman–Crippen MR) is 75.5 cm³/mol. The molecule has 0 saturated heterocycles. The Kier molecular flexibility index (Phi) is 4.06. The molecule has 1 atom stereocenters. The Morgan fingerprint density at radius 1 is 1.33 bits per heavy atom. The van der Waals surface area contributed by atoms with Crippen molar-refractivity contribution in [2.45, 2.75) is 32.4 Å². The number of ether oxygens (including phenoxy) is 2. The van der Waals surface area contributed by atoms with Gasteiger partial charge in [0.1, 0.15) is 12.1 Å². The molecular weight excluding hydrogens is 274 g/mol. The zero-order valence-electron chi connectivity index (χ0n) is 12.3. The van der Waals surface area contributed by atoms with Crippen molar-refractivity contribution in [2.24, 2.45) is 0 Å². The minimum atomic E-state index is -1.30. The molecule has 114 valence electrons. The number of carbonyl (C=O) groups excluding carboxylic acids is 1. The standard InChI is InChI=1S/C15H19NO5/c1-4-16(15(2,3)14(18)19)13(17)12-9-20-10-7-5-6-8-11(10)21-12/h5-8,12H,4,9H2,1-3H3,(H,18,19). The molecule has 0 radical (unpaired) electrons. The molecule has 0 saturated carbocycles. The number of rotatable bonds is 4. The average Bonchev–Trinajstić information content (AvgIpc) is 2.46. The van der Waals surface area contributed by atoms with E-state index in [-0.39, 0.29) is 19.1 Å². The highest BCUT2D eigenvalue weighted by Gasteiger charge is 2.41. The van der Waals surface area contributed by atoms with Gasteiger partial charge in [0.15, 0.2) is 11.5 Å². The van der Waals surface area contributed by atoms with Gasteiger partial charge in [0, 0.05) is 6.54 Å². The van der Waals surface area contributed by atoms with Crippen LogP contribution in [0.1, 0.15) is 20.8 Å². The third kappa shape index (κ3) is 2.79. The van der Waals surface area contributed by atoms with Crippen LogP contribution in [0, 0.1) is 0 Å². The summed E-state index contributed by atoms with van der Waals surface area (Å²) in [4.78, 5) is 25.2. The zero-order valence-corrected chi connectivity index (χ0v) is 12.3. The van der Waals surface area contributed by atoms with Crippen LogP contribution in [0.3, 0.4) is 0 Å². The first-order valence-corrected chi connectivity index (χ1v) is 6.81. The van der Waals surface area contributed by atoms with Gasteiger partial charge in [0.05, 0.1) is 0 Å². The van der Waals surface area contributed by atoms with Crippen molar-refractivity contribution < 1.29 is 24.2 Å². The number of fused-ring (bicyclic) bond motifs is 1. The summed E-state index contributed by atoms with van der Waals surface area (Å²) < 4.78 is 11.1. The van der Waals surface area contributed by atoms with Crippen LogP contribution in [0.4, 0.5) is 0 Å². The topological polar surface area (TPSA) is 76.1 Å². The van der Waals surface area contributed by atoms with Gasteiger partial charge in [-0.25, -0.2) is 4.79 Å². The van der Waals surface area contributed by atoms with E-state index < -0.39 is 17.6 Å². The summed E-state index contributed by atoms with van der Waals surface area (Å²) in [6.45, 7) is 5.07. The lowest BCUT2D eigenvalue weighted by Gasteiger charge is -2.37. The Labute approximate surface area is 123 Å². The minimum Gasteiger partial charge on any atom is -0.485 e. The number of para-hydroxylation sites is 2. The first-order valence-electron chi connectivity index (χ1n) is 6.81. The molecule has 0 spiro atoms. The van der Waals surface area contributed by atoms with E-state index in [1.807, 2.05) is 6.07 Å². The summed E-state index contributed by atoms with van der Waals surface area (Å²) in [5.74, 6) is -0.373. The molecule has 1 heterocycles. The molecule has 2 rings (SSSR count). The third-order valence-corrected chi connectivity index (χ3v) is 3.56. The summed E-state index contributed by atoms with van der Waals surface area (Å²) >= 11 is 0. The fourth-order valence-electron chi connectivity index (χ4n) is 2.26. The smallest absolute Gasteiger partial charge is 0.329 e. The molecule has 6 nitrogen and oxygen atoms in total. The Morgan fingerprint density at radius 2 is 1.95 bits per heavy atom. The van der Waals surface area contributed by atoms with Crippen molar-refractivity contribution in [2.75, 3.05) is 13.2 Å². The van der Waals surface area contributed by atoms with Gasteiger partial charge in [0.25, 0.3) is 5.91 Å². The van der Waals surface area contributed by atoms with Crippen molar-refractivity contribution in [3.8, 4) is 11.5 Å². The maximum Gasteiger partial charge on any atom is 0.329 e. The summed E-state index contributed by atoms with van der Waals surface area (Å²) in [5, 5.41) is 9.28. The van der Waals surface area contributed by atoms with Gasteiger partial charge in [-0.3, -0.25) is 4.79 Å². The molecule has 1 aromatic rings. The SMILES string of the molecule is CCN(C(=O)C1COc2ccccc2O1)C(C)(C)C(=O)O. The summed E-state index contributed by atoms with van der Waals surface area (Å²) in [6, 6.07) is 7.08. The second-order valence-electron chi connectivity index (χ2n) is 5.31. The van der Waals surface area contributed by atoms with Gasteiger partial charge in [-0.15, -0.1) is 0 Å². The van der Waals surface area contributed by atoms with Crippen LogP contribution in [0.2, 0.25) is 0 Å². The number of carboxylic acid groups (broad SMARTS) is 1. The predicted octanol–water partition coefficient (Wildman–Crippen LogP) is 1.54. The molecule has 1 aliphatic rings. The number of carboxylic acids is 1. The van der Waals surface area contributed by atoms with Gasteiger partial charge in [-0.2, -0.15) is 0 Å². The number of hydrogen-bond acceptors (Lipinski definition) is 4. The maximum absolute atomic E-state index is 12.5. The maximum atomic E-state index is 12.5. The van der Waals surface area contributed by atoms with Gasteiger partial charge < -0.3 is 19.5 Å². The summed E-state index contributed by atoms with van der Waals surface area (Å²) in [6.07, 6.45) is -0.835. The summed E-state index contributed by atoms with van der Waals surface area (Å²) in [7, 11) is 0. The van der Waals surface area contributed by atoms with E-state index in [9.17, 15) is 14.7 Å². The number of carbonyl (C=O) groups is 2. The van der Waals surface area contributed by atoms with E-state index >= 15 is 0 Å². The highest BCUT2D eigenvalue weighted by Crippen LogP contribution is 2.31. The van der Waals surface area contributed by atoms with Gasteiger partial charge in [-0.05, 0) is 32.9 Å². The first kappa shape index (κ1) is 15.2. The molecule has 1 aliphatic heterocycles. The van der Waals surface area contributed by atoms with E-state index in [1.165, 1.54) is 18.7 Å². The van der Waals surface area contributed by atoms with Crippen LogP contribution in [0.5, 0.6) is 11.5 Å². The Bertz CT molecular complexity index is 555. The van der Waals surface area contributed by atoms with Gasteiger partial charge >= 0.3 is 5.97 Å². The zero-order chi connectivity index (χ0) is 15.6. The molecule has 1 amide bonds. The second kappa shape index (κ2) is 5.63. The van der Waals surface area contributed by atoms with E-state index in [0.29, 0.717) is 11.5 Å². The van der Waals surface area contributed by atoms with Gasteiger partial charge in [-0.1, -0.05) is 12.1 Å². The quantitative estimate of drug-likeness (QED) is 0.911. The Balaban J connectivity index is 2.19. The molecule has 6 heteroatoms. The number of aliphatic carboxylic acids is 1. The van der Waals surface area contributed by atoms with E-state index in [2.05, 4.69) is 0 Å². The summed E-state index contributed by atoms with van der Waals surface area (Å²) in [5.41, 5.74) is -1.30. The second-order valence-corrected chi connectivity index (χ2v) is 5.31. The molecular formula is C15H19NO5. The Hall–Kier alpha value is -2.24. The van der Waals surface area contributed by atoms with Gasteiger partial charge in [0.2, 0.25) is 6.10 Å². The number of benzene rings is 1. The van der Waals surface area contributed by atoms with E-state index in [1.54, 1.807) is 25.1 Å². The molecule has 1 N–H and O–H groups in total. The largest absolute Gasteiger partial charge is 0.485 e. The third-order valence-electron chi connectivity index (χ3n) is 3.56. The van der Waals surface area contributed by atoms with Crippen LogP contribution in [0.25, 0.3) is 0 Å². The highest BCUT2D eigenvalue weighted by atomic mass is 16.6. The lowest BCUT2D eigenvalue weighted by atomic mass is 10.0. The lowest BCUT2D eigenvalue weighted by Crippen LogP contribution is -2.57. The van der Waals surface area contributed by atoms with Crippen LogP contribution >= 0.6 is 0 Å². The highest BCUT2D eigenvalue weighted by molar-refractivity contribution is 5.89. The van der Waals surface area contributed by atoms with Crippen molar-refractivity contribution in [1.29, 1.82) is 0 Å².